The van der Waals surface area contributed by atoms with Crippen LogP contribution < -0.4 is 5.32 Å². The van der Waals surface area contributed by atoms with Gasteiger partial charge in [0.05, 0.1) is 0 Å². The lowest BCUT2D eigenvalue weighted by Gasteiger charge is -2.27. The molecule has 1 aliphatic rings. The highest BCUT2D eigenvalue weighted by atomic mass is 19.4. The first-order chi connectivity index (χ1) is 11.8. The lowest BCUT2D eigenvalue weighted by atomic mass is 9.87. The zero-order valence-electron chi connectivity index (χ0n) is 13.6. The summed E-state index contributed by atoms with van der Waals surface area (Å²) in [6.45, 7) is 2.17. The quantitative estimate of drug-likeness (QED) is 0.903. The minimum Gasteiger partial charge on any atom is -0.349 e. The lowest BCUT2D eigenvalue weighted by molar-refractivity contribution is -0.159. The molecule has 0 spiro atoms. The summed E-state index contributed by atoms with van der Waals surface area (Å²) in [6.07, 6.45) is -0.456. The first kappa shape index (κ1) is 17.4. The standard InChI is InChI=1S/C17H18F3N3O2/c1-10-3-2-4-13(9-10)21-15(24)12-7-5-11(6-8-12)14-22-16(25-23-14)17(18,19)20/h5-8,10,13H,2-4,9H2,1H3,(H,21,24). The number of nitrogens with one attached hydrogen (secondary N) is 1. The number of nitrogens with zero attached hydrogens (tertiary/aromatic N) is 2. The van der Waals surface area contributed by atoms with Crippen LogP contribution in [0.15, 0.2) is 28.8 Å². The Kier molecular flexibility index (Phi) is 4.78. The van der Waals surface area contributed by atoms with E-state index in [1.807, 2.05) is 0 Å². The number of halogens is 3. The van der Waals surface area contributed by atoms with Gasteiger partial charge < -0.3 is 9.84 Å². The van der Waals surface area contributed by atoms with Gasteiger partial charge in [-0.25, -0.2) is 0 Å². The van der Waals surface area contributed by atoms with Gasteiger partial charge in [0, 0.05) is 17.2 Å². The van der Waals surface area contributed by atoms with Crippen LogP contribution in [0, 0.1) is 5.92 Å². The number of amides is 1. The SMILES string of the molecule is CC1CCCC(NC(=O)c2ccc(-c3noc(C(F)(F)F)n3)cc2)C1. The minimum atomic E-state index is -4.68. The summed E-state index contributed by atoms with van der Waals surface area (Å²) in [5, 5.41) is 6.33. The summed E-state index contributed by atoms with van der Waals surface area (Å²) in [5.74, 6) is -1.15. The molecule has 8 heteroatoms. The Hall–Kier alpha value is -2.38. The van der Waals surface area contributed by atoms with Crippen molar-refractivity contribution in [3.05, 3.63) is 35.7 Å². The zero-order chi connectivity index (χ0) is 18.0. The van der Waals surface area contributed by atoms with E-state index < -0.39 is 12.1 Å². The van der Waals surface area contributed by atoms with Gasteiger partial charge in [-0.2, -0.15) is 18.2 Å². The van der Waals surface area contributed by atoms with Crippen molar-refractivity contribution in [1.29, 1.82) is 0 Å². The Balaban J connectivity index is 1.67. The van der Waals surface area contributed by atoms with Crippen LogP contribution in [0.1, 0.15) is 48.9 Å². The zero-order valence-corrected chi connectivity index (χ0v) is 13.6. The number of alkyl halides is 3. The first-order valence-electron chi connectivity index (χ1n) is 8.15. The van der Waals surface area contributed by atoms with Crippen molar-refractivity contribution in [1.82, 2.24) is 15.5 Å². The first-order valence-corrected chi connectivity index (χ1v) is 8.15. The number of hydrogen-bond acceptors (Lipinski definition) is 4. The van der Waals surface area contributed by atoms with Crippen molar-refractivity contribution in [3.8, 4) is 11.4 Å². The second-order valence-corrected chi connectivity index (χ2v) is 6.44. The van der Waals surface area contributed by atoms with Crippen molar-refractivity contribution < 1.29 is 22.5 Å². The maximum absolute atomic E-state index is 12.5. The van der Waals surface area contributed by atoms with Gasteiger partial charge in [-0.1, -0.05) is 37.1 Å². The molecule has 1 aliphatic carbocycles. The van der Waals surface area contributed by atoms with Crippen LogP contribution in [-0.4, -0.2) is 22.1 Å². The number of rotatable bonds is 3. The van der Waals surface area contributed by atoms with E-state index in [2.05, 4.69) is 26.9 Å². The minimum absolute atomic E-state index is 0.166. The second-order valence-electron chi connectivity index (χ2n) is 6.44. The molecule has 0 radical (unpaired) electrons. The summed E-state index contributed by atoms with van der Waals surface area (Å²) >= 11 is 0. The fraction of sp³-hybridized carbons (Fsp3) is 0.471. The number of carbonyl (C=O) groups is 1. The van der Waals surface area contributed by atoms with Crippen molar-refractivity contribution in [2.24, 2.45) is 5.92 Å². The summed E-state index contributed by atoms with van der Waals surface area (Å²) in [6, 6.07) is 6.26. The molecule has 1 aromatic carbocycles. The largest absolute Gasteiger partial charge is 0.471 e. The molecule has 1 heterocycles. The van der Waals surface area contributed by atoms with Crippen LogP contribution in [0.2, 0.25) is 0 Å². The van der Waals surface area contributed by atoms with Gasteiger partial charge in [-0.15, -0.1) is 0 Å². The molecule has 5 nitrogen and oxygen atoms in total. The Morgan fingerprint density at radius 3 is 2.56 bits per heavy atom. The van der Waals surface area contributed by atoms with E-state index in [0.717, 1.165) is 19.3 Å². The van der Waals surface area contributed by atoms with Gasteiger partial charge in [0.2, 0.25) is 5.82 Å². The third kappa shape index (κ3) is 4.18. The van der Waals surface area contributed by atoms with Crippen LogP contribution in [-0.2, 0) is 6.18 Å². The third-order valence-electron chi connectivity index (χ3n) is 4.35. The highest BCUT2D eigenvalue weighted by Crippen LogP contribution is 2.29. The van der Waals surface area contributed by atoms with Crippen molar-refractivity contribution in [3.63, 3.8) is 0 Å². The second kappa shape index (κ2) is 6.85. The lowest BCUT2D eigenvalue weighted by Crippen LogP contribution is -2.37. The van der Waals surface area contributed by atoms with Gasteiger partial charge >= 0.3 is 12.1 Å². The smallest absolute Gasteiger partial charge is 0.349 e. The summed E-state index contributed by atoms with van der Waals surface area (Å²) < 4.78 is 41.7. The summed E-state index contributed by atoms with van der Waals surface area (Å²) in [7, 11) is 0. The van der Waals surface area contributed by atoms with Gasteiger partial charge in [0.1, 0.15) is 0 Å². The number of aromatic nitrogens is 2. The molecule has 1 saturated carbocycles. The fourth-order valence-corrected chi connectivity index (χ4v) is 3.06. The molecule has 2 aromatic rings. The Morgan fingerprint density at radius 2 is 1.96 bits per heavy atom. The number of benzene rings is 1. The number of carbonyl (C=O) groups excluding carboxylic acids is 1. The monoisotopic (exact) mass is 353 g/mol. The van der Waals surface area contributed by atoms with E-state index in [9.17, 15) is 18.0 Å². The molecular formula is C17H18F3N3O2. The average Bonchev–Trinajstić information content (AvgIpc) is 3.05. The highest BCUT2D eigenvalue weighted by molar-refractivity contribution is 5.94. The summed E-state index contributed by atoms with van der Waals surface area (Å²) in [5.41, 5.74) is 0.795. The predicted molar refractivity (Wildman–Crippen MR) is 83.6 cm³/mol. The molecule has 25 heavy (non-hydrogen) atoms. The summed E-state index contributed by atoms with van der Waals surface area (Å²) in [4.78, 5) is 15.6. The van der Waals surface area contributed by atoms with Crippen LogP contribution in [0.5, 0.6) is 0 Å². The molecule has 1 fully saturated rings. The Labute approximate surface area is 142 Å². The molecule has 134 valence electrons. The van der Waals surface area contributed by atoms with Gasteiger partial charge in [-0.05, 0) is 30.9 Å². The van der Waals surface area contributed by atoms with Gasteiger partial charge in [-0.3, -0.25) is 4.79 Å². The predicted octanol–water partition coefficient (Wildman–Crippen LogP) is 4.06. The fourth-order valence-electron chi connectivity index (χ4n) is 3.06. The molecule has 2 unspecified atom stereocenters. The average molecular weight is 353 g/mol. The van der Waals surface area contributed by atoms with Crippen LogP contribution >= 0.6 is 0 Å². The Bertz CT molecular complexity index is 740. The van der Waals surface area contributed by atoms with E-state index in [0.29, 0.717) is 17.0 Å². The highest BCUT2D eigenvalue weighted by Gasteiger charge is 2.38. The van der Waals surface area contributed by atoms with E-state index in [-0.39, 0.29) is 17.8 Å². The molecule has 0 aliphatic heterocycles. The maximum atomic E-state index is 12.5. The maximum Gasteiger partial charge on any atom is 0.471 e. The van der Waals surface area contributed by atoms with E-state index in [1.165, 1.54) is 18.6 Å². The third-order valence-corrected chi connectivity index (χ3v) is 4.35. The molecule has 1 amide bonds. The molecule has 1 N–H and O–H groups in total. The van der Waals surface area contributed by atoms with Crippen LogP contribution in [0.3, 0.4) is 0 Å². The molecule has 0 bridgehead atoms. The van der Waals surface area contributed by atoms with Gasteiger partial charge in [0.15, 0.2) is 0 Å². The molecule has 3 rings (SSSR count). The molecule has 2 atom stereocenters. The Morgan fingerprint density at radius 1 is 1.24 bits per heavy atom. The molecule has 1 aromatic heterocycles. The molecule has 0 saturated heterocycles. The van der Waals surface area contributed by atoms with Crippen LogP contribution in [0.25, 0.3) is 11.4 Å². The van der Waals surface area contributed by atoms with Crippen molar-refractivity contribution in [2.75, 3.05) is 0 Å². The van der Waals surface area contributed by atoms with E-state index in [1.54, 1.807) is 12.1 Å². The van der Waals surface area contributed by atoms with Gasteiger partial charge in [0.25, 0.3) is 5.91 Å². The molecular weight excluding hydrogens is 335 g/mol. The van der Waals surface area contributed by atoms with Crippen molar-refractivity contribution in [2.45, 2.75) is 44.8 Å². The van der Waals surface area contributed by atoms with E-state index >= 15 is 0 Å². The number of hydrogen-bond donors (Lipinski definition) is 1. The topological polar surface area (TPSA) is 68.0 Å². The van der Waals surface area contributed by atoms with Crippen LogP contribution in [0.4, 0.5) is 13.2 Å². The van der Waals surface area contributed by atoms with Crippen molar-refractivity contribution >= 4 is 5.91 Å². The normalized spacial score (nSPS) is 21.1. The van der Waals surface area contributed by atoms with E-state index in [4.69, 9.17) is 0 Å².